The Balaban J connectivity index is 1.76. The Morgan fingerprint density at radius 2 is 1.94 bits per heavy atom. The molecule has 0 fully saturated rings. The first-order chi connectivity index (χ1) is 15.8. The Labute approximate surface area is 192 Å². The number of amides is 1. The van der Waals surface area contributed by atoms with Crippen LogP contribution in [0.5, 0.6) is 0 Å². The van der Waals surface area contributed by atoms with Crippen LogP contribution in [0.3, 0.4) is 0 Å². The van der Waals surface area contributed by atoms with Crippen molar-refractivity contribution in [3.8, 4) is 11.3 Å². The normalized spacial score (nSPS) is 12.2. The lowest BCUT2D eigenvalue weighted by Crippen LogP contribution is -2.36. The Morgan fingerprint density at radius 1 is 1.15 bits per heavy atom. The van der Waals surface area contributed by atoms with Gasteiger partial charge in [-0.15, -0.1) is 0 Å². The molecular weight excluding hydrogens is 416 g/mol. The molecule has 1 amide bonds. The highest BCUT2D eigenvalue weighted by atomic mass is 16.6. The van der Waals surface area contributed by atoms with Crippen molar-refractivity contribution in [2.24, 2.45) is 0 Å². The van der Waals surface area contributed by atoms with Gasteiger partial charge in [-0.05, 0) is 44.5 Å². The Bertz CT molecular complexity index is 1320. The summed E-state index contributed by atoms with van der Waals surface area (Å²) in [6.07, 6.45) is 1.69. The lowest BCUT2D eigenvalue weighted by Gasteiger charge is -2.25. The smallest absolute Gasteiger partial charge is 0.408 e. The van der Waals surface area contributed by atoms with Crippen LogP contribution in [0.1, 0.15) is 38.1 Å². The third kappa shape index (κ3) is 5.18. The highest BCUT2D eigenvalue weighted by molar-refractivity contribution is 5.94. The molecule has 0 saturated carbocycles. The van der Waals surface area contributed by atoms with E-state index in [0.29, 0.717) is 23.4 Å². The molecule has 2 heterocycles. The number of pyridine rings is 1. The minimum absolute atomic E-state index is 0.416. The van der Waals surface area contributed by atoms with E-state index in [9.17, 15) is 4.79 Å². The number of nitrogens with one attached hydrogen (secondary N) is 1. The Hall–Kier alpha value is -4.18. The molecule has 0 aliphatic rings. The van der Waals surface area contributed by atoms with Gasteiger partial charge in [0, 0.05) is 29.3 Å². The fourth-order valence-corrected chi connectivity index (χ4v) is 3.62. The summed E-state index contributed by atoms with van der Waals surface area (Å²) in [5.74, 6) is 0. The second-order valence-corrected chi connectivity index (χ2v) is 8.63. The molecule has 7 heteroatoms. The number of nitrogens with zero attached hydrogens (tertiary/aromatic N) is 3. The van der Waals surface area contributed by atoms with Crippen molar-refractivity contribution in [3.63, 3.8) is 0 Å². The minimum Gasteiger partial charge on any atom is -0.444 e. The van der Waals surface area contributed by atoms with Gasteiger partial charge in [0.1, 0.15) is 11.3 Å². The molecule has 0 aliphatic heterocycles. The summed E-state index contributed by atoms with van der Waals surface area (Å²) in [4.78, 5) is 20.6. The first-order valence-electron chi connectivity index (χ1n) is 10.6. The van der Waals surface area contributed by atoms with E-state index < -0.39 is 17.7 Å². The van der Waals surface area contributed by atoms with Crippen molar-refractivity contribution in [1.29, 1.82) is 0 Å². The van der Waals surface area contributed by atoms with Gasteiger partial charge in [0.15, 0.2) is 11.3 Å². The van der Waals surface area contributed by atoms with E-state index in [-0.39, 0.29) is 0 Å². The molecule has 4 rings (SSSR count). The molecular formula is C26H24N4O3. The molecule has 0 bridgehead atoms. The molecule has 0 unspecified atom stereocenters. The van der Waals surface area contributed by atoms with Crippen LogP contribution in [0.25, 0.3) is 27.1 Å². The zero-order valence-corrected chi connectivity index (χ0v) is 18.7. The SMILES string of the molecule is [C-]#[N+]c1ccc2c(-c3ccccc3[C@H](Cc3ccccn3)NC(=O)OC(C)(C)C)noc2c1. The number of carbonyl (C=O) groups excluding carboxylic acids is 1. The molecule has 166 valence electrons. The van der Waals surface area contributed by atoms with Gasteiger partial charge in [-0.2, -0.15) is 0 Å². The molecule has 0 saturated heterocycles. The van der Waals surface area contributed by atoms with E-state index in [1.165, 1.54) is 0 Å². The highest BCUT2D eigenvalue weighted by Crippen LogP contribution is 2.35. The van der Waals surface area contributed by atoms with E-state index in [2.05, 4.69) is 20.3 Å². The third-order valence-electron chi connectivity index (χ3n) is 5.01. The van der Waals surface area contributed by atoms with Crippen LogP contribution in [0.15, 0.2) is 71.4 Å². The first kappa shape index (κ1) is 22.0. The molecule has 7 nitrogen and oxygen atoms in total. The summed E-state index contributed by atoms with van der Waals surface area (Å²) in [5.41, 5.74) is 3.56. The van der Waals surface area contributed by atoms with Gasteiger partial charge in [-0.3, -0.25) is 4.98 Å². The molecule has 0 radical (unpaired) electrons. The van der Waals surface area contributed by atoms with Gasteiger partial charge in [0.05, 0.1) is 12.6 Å². The zero-order chi connectivity index (χ0) is 23.4. The summed E-state index contributed by atoms with van der Waals surface area (Å²) in [6, 6.07) is 18.2. The van der Waals surface area contributed by atoms with Crippen LogP contribution < -0.4 is 5.32 Å². The number of hydrogen-bond donors (Lipinski definition) is 1. The van der Waals surface area contributed by atoms with Crippen LogP contribution in [0, 0.1) is 6.57 Å². The minimum atomic E-state index is -0.623. The van der Waals surface area contributed by atoms with Crippen molar-refractivity contribution in [2.45, 2.75) is 38.8 Å². The molecule has 4 aromatic rings. The van der Waals surface area contributed by atoms with E-state index in [4.69, 9.17) is 15.8 Å². The van der Waals surface area contributed by atoms with Crippen LogP contribution in [-0.4, -0.2) is 21.8 Å². The average Bonchev–Trinajstić information content (AvgIpc) is 3.21. The second-order valence-electron chi connectivity index (χ2n) is 8.63. The van der Waals surface area contributed by atoms with Crippen LogP contribution in [-0.2, 0) is 11.2 Å². The van der Waals surface area contributed by atoms with Gasteiger partial charge in [-0.25, -0.2) is 9.64 Å². The number of alkyl carbamates (subject to hydrolysis) is 1. The average molecular weight is 441 g/mol. The molecule has 1 atom stereocenters. The summed E-state index contributed by atoms with van der Waals surface area (Å²) >= 11 is 0. The van der Waals surface area contributed by atoms with E-state index in [1.54, 1.807) is 18.3 Å². The maximum Gasteiger partial charge on any atom is 0.408 e. The summed E-state index contributed by atoms with van der Waals surface area (Å²) < 4.78 is 11.0. The predicted molar refractivity (Wildman–Crippen MR) is 126 cm³/mol. The maximum absolute atomic E-state index is 12.7. The molecule has 0 spiro atoms. The maximum atomic E-state index is 12.7. The zero-order valence-electron chi connectivity index (χ0n) is 18.7. The third-order valence-corrected chi connectivity index (χ3v) is 5.01. The monoisotopic (exact) mass is 440 g/mol. The predicted octanol–water partition coefficient (Wildman–Crippen LogP) is 6.25. The highest BCUT2D eigenvalue weighted by Gasteiger charge is 2.25. The molecule has 0 aliphatic carbocycles. The number of fused-ring (bicyclic) bond motifs is 1. The van der Waals surface area contributed by atoms with Gasteiger partial charge in [-0.1, -0.05) is 47.6 Å². The molecule has 2 aromatic carbocycles. The van der Waals surface area contributed by atoms with Gasteiger partial charge in [0.25, 0.3) is 0 Å². The lowest BCUT2D eigenvalue weighted by molar-refractivity contribution is 0.0503. The lowest BCUT2D eigenvalue weighted by atomic mass is 9.93. The van der Waals surface area contributed by atoms with E-state index in [1.807, 2.05) is 69.3 Å². The number of hydrogen-bond acceptors (Lipinski definition) is 5. The summed E-state index contributed by atoms with van der Waals surface area (Å²) in [6.45, 7) is 12.7. The van der Waals surface area contributed by atoms with E-state index >= 15 is 0 Å². The number of carbonyl (C=O) groups is 1. The van der Waals surface area contributed by atoms with Crippen LogP contribution >= 0.6 is 0 Å². The van der Waals surface area contributed by atoms with Crippen LogP contribution in [0.4, 0.5) is 10.5 Å². The summed E-state index contributed by atoms with van der Waals surface area (Å²) in [7, 11) is 0. The van der Waals surface area contributed by atoms with Crippen molar-refractivity contribution in [1.82, 2.24) is 15.5 Å². The van der Waals surface area contributed by atoms with Crippen molar-refractivity contribution in [3.05, 3.63) is 89.5 Å². The van der Waals surface area contributed by atoms with Crippen molar-refractivity contribution >= 4 is 22.7 Å². The van der Waals surface area contributed by atoms with Gasteiger partial charge >= 0.3 is 6.09 Å². The number of benzene rings is 2. The van der Waals surface area contributed by atoms with E-state index in [0.717, 1.165) is 22.2 Å². The van der Waals surface area contributed by atoms with Gasteiger partial charge < -0.3 is 14.6 Å². The fourth-order valence-electron chi connectivity index (χ4n) is 3.62. The summed E-state index contributed by atoms with van der Waals surface area (Å²) in [5, 5.41) is 8.09. The number of ether oxygens (including phenoxy) is 1. The largest absolute Gasteiger partial charge is 0.444 e. The second kappa shape index (κ2) is 9.13. The quantitative estimate of drug-likeness (QED) is 0.371. The topological polar surface area (TPSA) is 81.6 Å². The fraction of sp³-hybridized carbons (Fsp3) is 0.231. The van der Waals surface area contributed by atoms with Crippen molar-refractivity contribution in [2.75, 3.05) is 0 Å². The van der Waals surface area contributed by atoms with Crippen LogP contribution in [0.2, 0.25) is 0 Å². The molecule has 2 aromatic heterocycles. The first-order valence-corrected chi connectivity index (χ1v) is 10.6. The number of rotatable bonds is 5. The van der Waals surface area contributed by atoms with Gasteiger partial charge in [0.2, 0.25) is 0 Å². The standard InChI is InChI=1S/C26H24N4O3/c1-26(2,3)32-25(31)29-22(15-18-9-7-8-14-28-18)19-10-5-6-11-20(19)24-21-13-12-17(27-4)16-23(21)33-30-24/h5-14,16,22H,15H2,1-3H3,(H,29,31)/t22-/m0/s1. The molecule has 1 N–H and O–H groups in total. The Morgan fingerprint density at radius 3 is 2.67 bits per heavy atom. The number of aromatic nitrogens is 2. The Kier molecular flexibility index (Phi) is 6.09. The molecule has 33 heavy (non-hydrogen) atoms. The van der Waals surface area contributed by atoms with Crippen molar-refractivity contribution < 1.29 is 14.1 Å².